The third-order valence-corrected chi connectivity index (χ3v) is 6.96. The van der Waals surface area contributed by atoms with Crippen LogP contribution in [0.1, 0.15) is 78.3 Å². The number of ether oxygens (including phenoxy) is 1. The number of amides is 1. The van der Waals surface area contributed by atoms with E-state index in [0.717, 1.165) is 19.3 Å². The number of anilines is 1. The van der Waals surface area contributed by atoms with Crippen molar-refractivity contribution in [3.8, 4) is 6.07 Å². The van der Waals surface area contributed by atoms with E-state index in [1.54, 1.807) is 4.90 Å². The van der Waals surface area contributed by atoms with Crippen LogP contribution in [0.3, 0.4) is 0 Å². The second kappa shape index (κ2) is 9.59. The van der Waals surface area contributed by atoms with Crippen LogP contribution in [0.2, 0.25) is 0 Å². The molecular weight excluding hydrogens is 454 g/mol. The molecule has 1 aliphatic heterocycles. The van der Waals surface area contributed by atoms with Crippen molar-refractivity contribution in [2.75, 3.05) is 18.0 Å². The summed E-state index contributed by atoms with van der Waals surface area (Å²) in [7, 11) is 0. The van der Waals surface area contributed by atoms with Gasteiger partial charge in [-0.05, 0) is 53.9 Å². The van der Waals surface area contributed by atoms with Gasteiger partial charge in [0.2, 0.25) is 0 Å². The Morgan fingerprint density at radius 1 is 1.20 bits per heavy atom. The highest BCUT2D eigenvalue weighted by Gasteiger charge is 2.37. The maximum absolute atomic E-state index is 14.3. The highest BCUT2D eigenvalue weighted by molar-refractivity contribution is 5.92. The molecule has 2 aliphatic rings. The van der Waals surface area contributed by atoms with Gasteiger partial charge in [-0.25, -0.2) is 23.5 Å². The van der Waals surface area contributed by atoms with Gasteiger partial charge in [-0.3, -0.25) is 0 Å². The third kappa shape index (κ3) is 5.04. The van der Waals surface area contributed by atoms with Crippen LogP contribution in [-0.2, 0) is 4.74 Å². The van der Waals surface area contributed by atoms with Crippen LogP contribution in [0.5, 0.6) is 0 Å². The van der Waals surface area contributed by atoms with Crippen LogP contribution in [0.25, 0.3) is 11.0 Å². The van der Waals surface area contributed by atoms with Gasteiger partial charge in [-0.2, -0.15) is 5.26 Å². The lowest BCUT2D eigenvalue weighted by Gasteiger charge is -2.44. The highest BCUT2D eigenvalue weighted by atomic mass is 19.3. The van der Waals surface area contributed by atoms with E-state index in [4.69, 9.17) is 4.74 Å². The van der Waals surface area contributed by atoms with Gasteiger partial charge in [0, 0.05) is 48.9 Å². The second-order valence-electron chi connectivity index (χ2n) is 10.8. The predicted molar refractivity (Wildman–Crippen MR) is 128 cm³/mol. The first kappa shape index (κ1) is 25.1. The summed E-state index contributed by atoms with van der Waals surface area (Å²) in [5.74, 6) is 0.379. The Balaban J connectivity index is 1.69. The van der Waals surface area contributed by atoms with E-state index in [0.29, 0.717) is 36.4 Å². The van der Waals surface area contributed by atoms with Crippen molar-refractivity contribution in [3.63, 3.8) is 0 Å². The molecule has 0 bridgehead atoms. The summed E-state index contributed by atoms with van der Waals surface area (Å²) in [5, 5.41) is 9.76. The van der Waals surface area contributed by atoms with Gasteiger partial charge >= 0.3 is 6.09 Å². The number of aromatic nitrogens is 3. The second-order valence-corrected chi connectivity index (χ2v) is 10.8. The summed E-state index contributed by atoms with van der Waals surface area (Å²) in [6.45, 7) is 10.2. The molecule has 4 rings (SSSR count). The molecule has 3 heterocycles. The molecule has 8 nitrogen and oxygen atoms in total. The molecule has 10 heteroatoms. The summed E-state index contributed by atoms with van der Waals surface area (Å²) >= 11 is 0. The van der Waals surface area contributed by atoms with Crippen LogP contribution in [0.15, 0.2) is 12.5 Å². The zero-order valence-corrected chi connectivity index (χ0v) is 21.0. The van der Waals surface area contributed by atoms with Crippen LogP contribution in [-0.4, -0.2) is 56.3 Å². The Bertz CT molecular complexity index is 1120. The van der Waals surface area contributed by atoms with Crippen molar-refractivity contribution in [2.24, 2.45) is 5.92 Å². The molecule has 0 aromatic carbocycles. The monoisotopic (exact) mass is 488 g/mol. The number of nitriles is 1. The summed E-state index contributed by atoms with van der Waals surface area (Å²) in [4.78, 5) is 25.3. The number of hydrogen-bond donors (Lipinski definition) is 0. The number of alkyl halides is 2. The first-order valence-electron chi connectivity index (χ1n) is 12.3. The summed E-state index contributed by atoms with van der Waals surface area (Å²) in [5.41, 5.74) is -0.221. The van der Waals surface area contributed by atoms with Gasteiger partial charge in [0.05, 0.1) is 11.5 Å². The fourth-order valence-corrected chi connectivity index (χ4v) is 5.29. The fraction of sp³-hybridized carbons (Fsp3) is 0.680. The van der Waals surface area contributed by atoms with Gasteiger partial charge < -0.3 is 19.1 Å². The van der Waals surface area contributed by atoms with E-state index in [2.05, 4.69) is 16.0 Å². The van der Waals surface area contributed by atoms with Crippen LogP contribution in [0, 0.1) is 17.2 Å². The first-order valence-corrected chi connectivity index (χ1v) is 12.3. The quantitative estimate of drug-likeness (QED) is 0.570. The number of rotatable bonds is 3. The number of piperazine rings is 1. The normalized spacial score (nSPS) is 25.7. The average Bonchev–Trinajstić information content (AvgIpc) is 3.19. The van der Waals surface area contributed by atoms with Crippen LogP contribution >= 0.6 is 0 Å². The molecule has 2 aromatic heterocycles. The number of halogens is 2. The molecule has 2 aromatic rings. The molecule has 0 spiro atoms. The number of carbonyl (C=O) groups is 1. The minimum atomic E-state index is -2.69. The van der Waals surface area contributed by atoms with E-state index in [1.807, 2.05) is 44.1 Å². The molecule has 4 atom stereocenters. The Morgan fingerprint density at radius 3 is 2.60 bits per heavy atom. The maximum Gasteiger partial charge on any atom is 0.410 e. The molecule has 2 fully saturated rings. The molecule has 1 saturated carbocycles. The smallest absolute Gasteiger partial charge is 0.410 e. The SMILES string of the molecule is CC1CN(c2ncnc3c2c(C(F)F)cn3C2CCCC(C#N)C2)C(C)CN1C(=O)OC(C)(C)C. The lowest BCUT2D eigenvalue weighted by atomic mass is 9.86. The lowest BCUT2D eigenvalue weighted by Crippen LogP contribution is -2.59. The van der Waals surface area contributed by atoms with Gasteiger partial charge in [0.25, 0.3) is 6.43 Å². The number of nitrogens with zero attached hydrogens (tertiary/aromatic N) is 6. The van der Waals surface area contributed by atoms with Crippen LogP contribution < -0.4 is 4.90 Å². The Kier molecular flexibility index (Phi) is 6.89. The van der Waals surface area contributed by atoms with Crippen molar-refractivity contribution in [2.45, 2.75) is 90.5 Å². The number of carbonyl (C=O) groups excluding carboxylic acids is 1. The van der Waals surface area contributed by atoms with E-state index in [1.165, 1.54) is 12.5 Å². The lowest BCUT2D eigenvalue weighted by molar-refractivity contribution is 0.0130. The van der Waals surface area contributed by atoms with Crippen molar-refractivity contribution in [1.29, 1.82) is 5.26 Å². The van der Waals surface area contributed by atoms with Gasteiger partial charge in [-0.15, -0.1) is 0 Å². The molecule has 4 unspecified atom stereocenters. The van der Waals surface area contributed by atoms with Crippen molar-refractivity contribution >= 4 is 22.9 Å². The highest BCUT2D eigenvalue weighted by Crippen LogP contribution is 2.40. The molecule has 1 saturated heterocycles. The maximum atomic E-state index is 14.3. The summed E-state index contributed by atoms with van der Waals surface area (Å²) in [6.07, 6.45) is 3.03. The molecule has 35 heavy (non-hydrogen) atoms. The van der Waals surface area contributed by atoms with E-state index < -0.39 is 12.0 Å². The minimum Gasteiger partial charge on any atom is -0.444 e. The average molecular weight is 489 g/mol. The molecule has 190 valence electrons. The van der Waals surface area contributed by atoms with E-state index in [-0.39, 0.29) is 35.7 Å². The van der Waals surface area contributed by atoms with Crippen molar-refractivity contribution in [3.05, 3.63) is 18.1 Å². The predicted octanol–water partition coefficient (Wildman–Crippen LogP) is 5.46. The summed E-state index contributed by atoms with van der Waals surface area (Å²) in [6, 6.07) is 1.93. The third-order valence-electron chi connectivity index (χ3n) is 6.96. The summed E-state index contributed by atoms with van der Waals surface area (Å²) < 4.78 is 35.9. The van der Waals surface area contributed by atoms with E-state index >= 15 is 0 Å². The zero-order valence-electron chi connectivity index (χ0n) is 21.0. The first-order chi connectivity index (χ1) is 16.5. The Hall–Kier alpha value is -2.96. The molecule has 1 aliphatic carbocycles. The number of hydrogen-bond acceptors (Lipinski definition) is 6. The van der Waals surface area contributed by atoms with Crippen LogP contribution in [0.4, 0.5) is 19.4 Å². The van der Waals surface area contributed by atoms with Crippen molar-refractivity contribution < 1.29 is 18.3 Å². The van der Waals surface area contributed by atoms with Gasteiger partial charge in [0.15, 0.2) is 0 Å². The zero-order chi connectivity index (χ0) is 25.5. The van der Waals surface area contributed by atoms with E-state index in [9.17, 15) is 18.8 Å². The molecule has 0 N–H and O–H groups in total. The number of fused-ring (bicyclic) bond motifs is 1. The topological polar surface area (TPSA) is 87.3 Å². The molecule has 0 radical (unpaired) electrons. The molecule has 1 amide bonds. The van der Waals surface area contributed by atoms with Crippen molar-refractivity contribution in [1.82, 2.24) is 19.4 Å². The molecular formula is C25H34F2N6O2. The Morgan fingerprint density at radius 2 is 1.94 bits per heavy atom. The Labute approximate surface area is 204 Å². The standard InChI is InChI=1S/C25H34F2N6O2/c1-15-12-32(24(34)35-25(3,4)5)16(2)11-31(15)22-20-19(21(26)27)13-33(23(20)30-14-29-22)18-8-6-7-17(9-18)10-28/h13-18,21H,6-9,11-12H2,1-5H3. The largest absolute Gasteiger partial charge is 0.444 e. The van der Waals surface area contributed by atoms with Gasteiger partial charge in [0.1, 0.15) is 23.4 Å². The van der Waals surface area contributed by atoms with Gasteiger partial charge in [-0.1, -0.05) is 6.42 Å². The minimum absolute atomic E-state index is 0.0495. The fourth-order valence-electron chi connectivity index (χ4n) is 5.29.